The van der Waals surface area contributed by atoms with Gasteiger partial charge in [0, 0.05) is 72.7 Å². The van der Waals surface area contributed by atoms with Crippen LogP contribution in [0.3, 0.4) is 0 Å². The zero-order chi connectivity index (χ0) is 50.0. The smallest absolute Gasteiger partial charge is 0.256 e. The van der Waals surface area contributed by atoms with Crippen LogP contribution in [-0.2, 0) is 0 Å². The van der Waals surface area contributed by atoms with Crippen LogP contribution in [0.5, 0.6) is 11.5 Å². The molecule has 0 amide bonds. The highest BCUT2D eigenvalue weighted by molar-refractivity contribution is 6.99. The van der Waals surface area contributed by atoms with Crippen molar-refractivity contribution >= 4 is 140 Å². The molecule has 0 bridgehead atoms. The number of hydrogen-bond acceptors (Lipinski definition) is 6. The summed E-state index contributed by atoms with van der Waals surface area (Å²) in [6, 6.07) is 88.7. The summed E-state index contributed by atoms with van der Waals surface area (Å²) in [5, 5.41) is 8.70. The number of rotatable bonds is 7. The molecule has 0 unspecified atom stereocenters. The number of para-hydroxylation sites is 5. The highest BCUT2D eigenvalue weighted by Gasteiger charge is 2.43. The lowest BCUT2D eigenvalue weighted by atomic mass is 9.34. The molecule has 14 aromatic rings. The van der Waals surface area contributed by atoms with E-state index < -0.39 is 0 Å². The maximum Gasteiger partial charge on any atom is 0.256 e. The van der Waals surface area contributed by atoms with Crippen molar-refractivity contribution in [3.8, 4) is 11.5 Å². The van der Waals surface area contributed by atoms with Crippen LogP contribution in [0.25, 0.3) is 65.4 Å². The van der Waals surface area contributed by atoms with Crippen molar-refractivity contribution < 1.29 is 13.6 Å². The highest BCUT2D eigenvalue weighted by atomic mass is 16.5. The average Bonchev–Trinajstić information content (AvgIpc) is 4.04. The highest BCUT2D eigenvalue weighted by Crippen LogP contribution is 2.47. The fraction of sp³-hybridized carbons (Fsp3) is 0.0145. The van der Waals surface area contributed by atoms with E-state index in [1.54, 1.807) is 0 Å². The lowest BCUT2D eigenvalue weighted by Gasteiger charge is -2.40. The van der Waals surface area contributed by atoms with Gasteiger partial charge in [-0.25, -0.2) is 0 Å². The van der Waals surface area contributed by atoms with Gasteiger partial charge in [-0.2, -0.15) is 0 Å². The number of furan rings is 2. The minimum atomic E-state index is -0.174. The van der Waals surface area contributed by atoms with Crippen molar-refractivity contribution in [1.82, 2.24) is 0 Å². The van der Waals surface area contributed by atoms with Crippen molar-refractivity contribution in [2.24, 2.45) is 0 Å². The Morgan fingerprint density at radius 1 is 0.329 bits per heavy atom. The molecule has 4 heterocycles. The van der Waals surface area contributed by atoms with E-state index in [1.807, 2.05) is 0 Å². The standard InChI is InChI=1S/C69H44BN3O3/c1-43-17-14-15-26-60(43)73-61-27-16-28-63-69(61)70(58-41-66-56(39-62(58)73)54-35-44-29-31-52(33-46(44)37-64(54)75-66)71(48-18-6-2-7-19-48)49-20-8-3-9-21-49)59-42-67-57(40-68(59)74-63)55-36-45-30-32-53(34-47(45)38-65(55)76-67)72(50-22-10-4-11-23-50)51-24-12-5-13-25-51/h2-42H,1H3. The van der Waals surface area contributed by atoms with E-state index in [-0.39, 0.29) is 6.71 Å². The van der Waals surface area contributed by atoms with E-state index in [1.165, 1.54) is 5.56 Å². The summed E-state index contributed by atoms with van der Waals surface area (Å²) >= 11 is 0. The molecule has 6 nitrogen and oxygen atoms in total. The van der Waals surface area contributed by atoms with Gasteiger partial charge >= 0.3 is 0 Å². The largest absolute Gasteiger partial charge is 0.458 e. The summed E-state index contributed by atoms with van der Waals surface area (Å²) in [7, 11) is 0. The van der Waals surface area contributed by atoms with Crippen molar-refractivity contribution in [2.45, 2.75) is 6.92 Å². The minimum Gasteiger partial charge on any atom is -0.458 e. The zero-order valence-corrected chi connectivity index (χ0v) is 41.3. The maximum atomic E-state index is 7.06. The van der Waals surface area contributed by atoms with Gasteiger partial charge in [0.05, 0.1) is 0 Å². The predicted octanol–water partition coefficient (Wildman–Crippen LogP) is 17.4. The summed E-state index contributed by atoms with van der Waals surface area (Å²) in [5.74, 6) is 1.67. The van der Waals surface area contributed by atoms with Gasteiger partial charge in [0.25, 0.3) is 6.71 Å². The van der Waals surface area contributed by atoms with Crippen LogP contribution in [0.4, 0.5) is 51.2 Å². The number of ether oxygens (including phenoxy) is 1. The molecule has 2 aromatic heterocycles. The van der Waals surface area contributed by atoms with Crippen LogP contribution in [-0.4, -0.2) is 6.71 Å². The Balaban J connectivity index is 0.860. The van der Waals surface area contributed by atoms with E-state index in [0.717, 1.165) is 144 Å². The Hall–Kier alpha value is -9.98. The summed E-state index contributed by atoms with van der Waals surface area (Å²) in [6.07, 6.45) is 0. The molecule has 0 saturated carbocycles. The Labute approximate surface area is 438 Å². The number of anilines is 9. The van der Waals surface area contributed by atoms with Gasteiger partial charge in [-0.1, -0.05) is 109 Å². The van der Waals surface area contributed by atoms with E-state index in [9.17, 15) is 0 Å². The van der Waals surface area contributed by atoms with Gasteiger partial charge in [0.2, 0.25) is 0 Å². The third kappa shape index (κ3) is 6.55. The maximum absolute atomic E-state index is 7.06. The Kier molecular flexibility index (Phi) is 9.24. The van der Waals surface area contributed by atoms with Crippen molar-refractivity contribution in [3.63, 3.8) is 0 Å². The number of hydrogen-bond donors (Lipinski definition) is 0. The number of benzene rings is 12. The fourth-order valence-corrected chi connectivity index (χ4v) is 12.2. The summed E-state index contributed by atoms with van der Waals surface area (Å²) < 4.78 is 21.0. The van der Waals surface area contributed by atoms with E-state index in [0.29, 0.717) is 0 Å². The van der Waals surface area contributed by atoms with Crippen molar-refractivity contribution in [3.05, 3.63) is 254 Å². The minimum absolute atomic E-state index is 0.174. The van der Waals surface area contributed by atoms with Gasteiger partial charge in [-0.15, -0.1) is 0 Å². The molecule has 0 spiro atoms. The molecule has 2 aliphatic rings. The first kappa shape index (κ1) is 42.5. The number of nitrogens with zero attached hydrogens (tertiary/aromatic N) is 3. The van der Waals surface area contributed by atoms with Crippen molar-refractivity contribution in [1.29, 1.82) is 0 Å². The van der Waals surface area contributed by atoms with Crippen LogP contribution < -0.4 is 35.8 Å². The van der Waals surface area contributed by atoms with Crippen LogP contribution in [0.15, 0.2) is 258 Å². The van der Waals surface area contributed by atoms with Gasteiger partial charge < -0.3 is 28.3 Å². The first-order valence-corrected chi connectivity index (χ1v) is 25.9. The van der Waals surface area contributed by atoms with Gasteiger partial charge in [0.1, 0.15) is 33.8 Å². The molecule has 0 N–H and O–H groups in total. The van der Waals surface area contributed by atoms with E-state index in [4.69, 9.17) is 13.6 Å². The van der Waals surface area contributed by atoms with E-state index >= 15 is 0 Å². The summed E-state index contributed by atoms with van der Waals surface area (Å²) in [5.41, 5.74) is 17.7. The molecular formula is C69H44BN3O3. The van der Waals surface area contributed by atoms with Crippen LogP contribution in [0.2, 0.25) is 0 Å². The molecule has 2 aliphatic heterocycles. The molecular weight excluding hydrogens is 930 g/mol. The van der Waals surface area contributed by atoms with Gasteiger partial charge in [-0.05, 0) is 190 Å². The topological polar surface area (TPSA) is 45.2 Å². The molecule has 76 heavy (non-hydrogen) atoms. The predicted molar refractivity (Wildman–Crippen MR) is 316 cm³/mol. The second kappa shape index (κ2) is 16.5. The summed E-state index contributed by atoms with van der Waals surface area (Å²) in [4.78, 5) is 7.03. The SMILES string of the molecule is Cc1ccccc1N1c2cc3c(cc2B2c4cc5oc6cc7cc(N(c8ccccc8)c8ccccc8)ccc7cc6c5cc4Oc4cccc1c42)oc1cc2cc(N(c4ccccc4)c4ccccc4)ccc2cc13. The molecule has 356 valence electrons. The quantitative estimate of drug-likeness (QED) is 0.148. The monoisotopic (exact) mass is 973 g/mol. The van der Waals surface area contributed by atoms with Gasteiger partial charge in [0.15, 0.2) is 0 Å². The first-order valence-electron chi connectivity index (χ1n) is 25.9. The molecule has 12 aromatic carbocycles. The molecule has 0 fully saturated rings. The second-order valence-electron chi connectivity index (χ2n) is 20.1. The zero-order valence-electron chi connectivity index (χ0n) is 41.3. The number of fused-ring (bicyclic) bond motifs is 12. The molecule has 16 rings (SSSR count). The molecule has 0 aliphatic carbocycles. The van der Waals surface area contributed by atoms with Crippen LogP contribution in [0.1, 0.15) is 5.56 Å². The fourth-order valence-electron chi connectivity index (χ4n) is 12.2. The lowest BCUT2D eigenvalue weighted by Crippen LogP contribution is -2.59. The molecule has 0 saturated heterocycles. The second-order valence-corrected chi connectivity index (χ2v) is 20.1. The third-order valence-electron chi connectivity index (χ3n) is 15.7. The third-order valence-corrected chi connectivity index (χ3v) is 15.7. The molecule has 0 radical (unpaired) electrons. The first-order chi connectivity index (χ1) is 37.6. The molecule has 7 heteroatoms. The van der Waals surface area contributed by atoms with Gasteiger partial charge in [-0.3, -0.25) is 0 Å². The Bertz CT molecular complexity index is 4570. The molecule has 0 atom stereocenters. The van der Waals surface area contributed by atoms with Crippen LogP contribution in [0, 0.1) is 6.92 Å². The Morgan fingerprint density at radius 2 is 0.789 bits per heavy atom. The lowest BCUT2D eigenvalue weighted by molar-refractivity contribution is 0.488. The van der Waals surface area contributed by atoms with Crippen molar-refractivity contribution in [2.75, 3.05) is 14.7 Å². The van der Waals surface area contributed by atoms with Crippen LogP contribution >= 0.6 is 0 Å². The summed E-state index contributed by atoms with van der Waals surface area (Å²) in [6.45, 7) is 2.02. The average molecular weight is 974 g/mol. The normalized spacial score (nSPS) is 12.6. The van der Waals surface area contributed by atoms with E-state index in [2.05, 4.69) is 270 Å². The Morgan fingerprint density at radius 3 is 1.33 bits per heavy atom. The number of aryl methyl sites for hydroxylation is 1.